The summed E-state index contributed by atoms with van der Waals surface area (Å²) in [4.78, 5) is 0. The van der Waals surface area contributed by atoms with Crippen LogP contribution < -0.4 is 4.31 Å². The minimum absolute atomic E-state index is 0.357. The first-order chi connectivity index (χ1) is 8.38. The molecule has 0 atom stereocenters. The van der Waals surface area contributed by atoms with E-state index in [9.17, 15) is 8.42 Å². The monoisotopic (exact) mass is 347 g/mol. The molecule has 1 aromatic heterocycles. The van der Waals surface area contributed by atoms with Crippen LogP contribution in [0.25, 0.3) is 10.6 Å². The predicted octanol–water partition coefficient (Wildman–Crippen LogP) is 2.36. The van der Waals surface area contributed by atoms with Gasteiger partial charge in [-0.25, -0.2) is 12.7 Å². The van der Waals surface area contributed by atoms with Crippen LogP contribution >= 0.6 is 27.3 Å². The highest BCUT2D eigenvalue weighted by atomic mass is 79.9. The van der Waals surface area contributed by atoms with E-state index in [0.29, 0.717) is 10.1 Å². The molecule has 0 aliphatic carbocycles. The van der Waals surface area contributed by atoms with Gasteiger partial charge in [0.15, 0.2) is 0 Å². The average molecular weight is 348 g/mol. The third-order valence-corrected chi connectivity index (χ3v) is 5.13. The van der Waals surface area contributed by atoms with Gasteiger partial charge >= 0.3 is 0 Å². The molecule has 0 fully saturated rings. The van der Waals surface area contributed by atoms with Crippen molar-refractivity contribution in [3.05, 3.63) is 28.7 Å². The minimum atomic E-state index is -3.30. The van der Waals surface area contributed by atoms with E-state index in [-0.39, 0.29) is 0 Å². The summed E-state index contributed by atoms with van der Waals surface area (Å²) in [5, 5.41) is 8.93. The lowest BCUT2D eigenvalue weighted by atomic mass is 10.2. The molecule has 2 aromatic rings. The lowest BCUT2D eigenvalue weighted by molar-refractivity contribution is 0.600. The van der Waals surface area contributed by atoms with Crippen molar-refractivity contribution in [2.45, 2.75) is 0 Å². The second-order valence-electron chi connectivity index (χ2n) is 3.63. The summed E-state index contributed by atoms with van der Waals surface area (Å²) in [6.07, 6.45) is 1.13. The van der Waals surface area contributed by atoms with E-state index in [0.717, 1.165) is 20.6 Å². The van der Waals surface area contributed by atoms with E-state index in [1.807, 2.05) is 24.3 Å². The summed E-state index contributed by atoms with van der Waals surface area (Å²) in [5.41, 5.74) is 0.906. The summed E-state index contributed by atoms with van der Waals surface area (Å²) in [5.74, 6) is 0. The van der Waals surface area contributed by atoms with Crippen molar-refractivity contribution in [3.8, 4) is 10.6 Å². The summed E-state index contributed by atoms with van der Waals surface area (Å²) >= 11 is 4.59. The Morgan fingerprint density at radius 2 is 1.83 bits per heavy atom. The highest BCUT2D eigenvalue weighted by molar-refractivity contribution is 9.10. The van der Waals surface area contributed by atoms with Gasteiger partial charge in [0.1, 0.15) is 5.01 Å². The van der Waals surface area contributed by atoms with E-state index < -0.39 is 10.0 Å². The van der Waals surface area contributed by atoms with Gasteiger partial charge < -0.3 is 0 Å². The maximum absolute atomic E-state index is 11.4. The topological polar surface area (TPSA) is 63.2 Å². The van der Waals surface area contributed by atoms with E-state index in [1.54, 1.807) is 0 Å². The number of hydrogen-bond donors (Lipinski definition) is 0. The Morgan fingerprint density at radius 1 is 1.22 bits per heavy atom. The summed E-state index contributed by atoms with van der Waals surface area (Å²) in [6.45, 7) is 0. The molecule has 0 radical (unpaired) electrons. The van der Waals surface area contributed by atoms with Crippen molar-refractivity contribution in [2.24, 2.45) is 0 Å². The first kappa shape index (κ1) is 13.4. The molecule has 18 heavy (non-hydrogen) atoms. The molecular weight excluding hydrogens is 338 g/mol. The van der Waals surface area contributed by atoms with Crippen LogP contribution in [0.2, 0.25) is 0 Å². The molecule has 2 rings (SSSR count). The molecule has 1 aromatic carbocycles. The summed E-state index contributed by atoms with van der Waals surface area (Å²) < 4.78 is 24.9. The van der Waals surface area contributed by atoms with Gasteiger partial charge in [-0.15, -0.1) is 10.2 Å². The number of nitrogens with zero attached hydrogens (tertiary/aromatic N) is 3. The molecule has 0 bridgehead atoms. The van der Waals surface area contributed by atoms with Crippen molar-refractivity contribution in [2.75, 3.05) is 17.6 Å². The quantitative estimate of drug-likeness (QED) is 0.854. The first-order valence-electron chi connectivity index (χ1n) is 4.91. The van der Waals surface area contributed by atoms with Gasteiger partial charge in [0.25, 0.3) is 0 Å². The van der Waals surface area contributed by atoms with Crippen LogP contribution in [0.3, 0.4) is 0 Å². The molecule has 0 saturated heterocycles. The molecule has 0 spiro atoms. The molecule has 0 unspecified atom stereocenters. The second-order valence-corrected chi connectivity index (χ2v) is 7.51. The van der Waals surface area contributed by atoms with Gasteiger partial charge in [0.2, 0.25) is 15.2 Å². The summed E-state index contributed by atoms with van der Waals surface area (Å²) in [6, 6.07) is 7.59. The minimum Gasteiger partial charge on any atom is -0.247 e. The first-order valence-corrected chi connectivity index (χ1v) is 8.37. The molecular formula is C10H10BrN3O2S2. The van der Waals surface area contributed by atoms with Crippen LogP contribution in [0, 0.1) is 0 Å². The van der Waals surface area contributed by atoms with Crippen LogP contribution in [-0.4, -0.2) is 31.9 Å². The Labute approximate surface area is 118 Å². The second kappa shape index (κ2) is 4.94. The van der Waals surface area contributed by atoms with Crippen LogP contribution in [-0.2, 0) is 10.0 Å². The molecule has 0 aliphatic rings. The smallest absolute Gasteiger partial charge is 0.233 e. The molecule has 0 N–H and O–H groups in total. The highest BCUT2D eigenvalue weighted by Gasteiger charge is 2.17. The normalized spacial score (nSPS) is 11.5. The number of benzene rings is 1. The fraction of sp³-hybridized carbons (Fsp3) is 0.200. The highest BCUT2D eigenvalue weighted by Crippen LogP contribution is 2.29. The average Bonchev–Trinajstić information content (AvgIpc) is 2.77. The zero-order valence-corrected chi connectivity index (χ0v) is 12.9. The molecule has 0 aliphatic heterocycles. The molecule has 0 amide bonds. The Morgan fingerprint density at radius 3 is 2.39 bits per heavy atom. The number of aromatic nitrogens is 2. The number of anilines is 1. The van der Waals surface area contributed by atoms with Crippen molar-refractivity contribution < 1.29 is 8.42 Å². The van der Waals surface area contributed by atoms with Crippen LogP contribution in [0.15, 0.2) is 28.7 Å². The van der Waals surface area contributed by atoms with Crippen molar-refractivity contribution in [1.29, 1.82) is 0 Å². The summed E-state index contributed by atoms with van der Waals surface area (Å²) in [7, 11) is -1.84. The van der Waals surface area contributed by atoms with Crippen molar-refractivity contribution in [3.63, 3.8) is 0 Å². The SMILES string of the molecule is CN(c1nnc(-c2ccc(Br)cc2)s1)S(C)(=O)=O. The number of sulfonamides is 1. The van der Waals surface area contributed by atoms with Gasteiger partial charge in [-0.2, -0.15) is 0 Å². The standard InChI is InChI=1S/C10H10BrN3O2S2/c1-14(18(2,15)16)10-13-12-9(17-10)7-3-5-8(11)6-4-7/h3-6H,1-2H3. The van der Waals surface area contributed by atoms with Gasteiger partial charge in [-0.1, -0.05) is 39.4 Å². The predicted molar refractivity (Wildman–Crippen MR) is 76.3 cm³/mol. The Hall–Kier alpha value is -0.990. The Bertz CT molecular complexity index is 652. The number of rotatable bonds is 3. The van der Waals surface area contributed by atoms with Crippen molar-refractivity contribution >= 4 is 42.4 Å². The van der Waals surface area contributed by atoms with E-state index in [1.165, 1.54) is 18.4 Å². The fourth-order valence-electron chi connectivity index (χ4n) is 1.19. The lowest BCUT2D eigenvalue weighted by Gasteiger charge is -2.10. The van der Waals surface area contributed by atoms with E-state index in [2.05, 4.69) is 26.1 Å². The maximum Gasteiger partial charge on any atom is 0.233 e. The largest absolute Gasteiger partial charge is 0.247 e. The van der Waals surface area contributed by atoms with Gasteiger partial charge in [0, 0.05) is 17.1 Å². The molecule has 96 valence electrons. The maximum atomic E-state index is 11.4. The van der Waals surface area contributed by atoms with Crippen molar-refractivity contribution in [1.82, 2.24) is 10.2 Å². The van der Waals surface area contributed by atoms with Gasteiger partial charge in [0.05, 0.1) is 6.26 Å². The zero-order chi connectivity index (χ0) is 13.3. The van der Waals surface area contributed by atoms with E-state index in [4.69, 9.17) is 0 Å². The Kier molecular flexibility index (Phi) is 3.69. The van der Waals surface area contributed by atoms with Crippen LogP contribution in [0.5, 0.6) is 0 Å². The number of halogens is 1. The van der Waals surface area contributed by atoms with Gasteiger partial charge in [-0.3, -0.25) is 0 Å². The molecule has 1 heterocycles. The zero-order valence-electron chi connectivity index (χ0n) is 9.66. The molecule has 5 nitrogen and oxygen atoms in total. The van der Waals surface area contributed by atoms with Crippen LogP contribution in [0.1, 0.15) is 0 Å². The lowest BCUT2D eigenvalue weighted by Crippen LogP contribution is -2.24. The number of hydrogen-bond acceptors (Lipinski definition) is 5. The Balaban J connectivity index is 2.34. The molecule has 0 saturated carbocycles. The van der Waals surface area contributed by atoms with Gasteiger partial charge in [-0.05, 0) is 12.1 Å². The third-order valence-electron chi connectivity index (χ3n) is 2.27. The molecule has 8 heteroatoms. The van der Waals surface area contributed by atoms with Crippen LogP contribution in [0.4, 0.5) is 5.13 Å². The fourth-order valence-corrected chi connectivity index (χ4v) is 3.01. The van der Waals surface area contributed by atoms with E-state index >= 15 is 0 Å². The third kappa shape index (κ3) is 2.88.